The van der Waals surface area contributed by atoms with Crippen LogP contribution in [0.3, 0.4) is 0 Å². The Balaban J connectivity index is 0.799. The molecule has 1 amide bonds. The number of anilines is 2. The number of hydrogen-bond donors (Lipinski definition) is 3. The van der Waals surface area contributed by atoms with Crippen LogP contribution in [0, 0.1) is 6.92 Å². The second kappa shape index (κ2) is 19.3. The van der Waals surface area contributed by atoms with Crippen LogP contribution in [0.15, 0.2) is 59.1 Å². The van der Waals surface area contributed by atoms with Crippen molar-refractivity contribution in [2.45, 2.75) is 70.8 Å². The van der Waals surface area contributed by atoms with Crippen molar-refractivity contribution in [2.75, 3.05) is 76.7 Å². The number of benzene rings is 3. The number of nitrogens with one attached hydrogen (secondary N) is 3. The summed E-state index contributed by atoms with van der Waals surface area (Å²) in [5.41, 5.74) is 5.19. The van der Waals surface area contributed by atoms with Crippen molar-refractivity contribution < 1.29 is 14.3 Å². The summed E-state index contributed by atoms with van der Waals surface area (Å²) in [6, 6.07) is 18.6. The number of halogens is 1. The quantitative estimate of drug-likeness (QED) is 0.0800. The van der Waals surface area contributed by atoms with E-state index in [4.69, 9.17) is 24.5 Å². The maximum Gasteiger partial charge on any atom is 0.241 e. The molecule has 57 heavy (non-hydrogen) atoms. The van der Waals surface area contributed by atoms with E-state index in [0.29, 0.717) is 36.4 Å². The SMILES string of the molecule is COc1cc2c(N[C@H](C)c3cccc(Br)c3)nc(C)nc2cc1OCCCCCCCN1CCN(C(=O)CNc2cccc3c(C4CCCNC4)nn(C)c23)CC1. The maximum atomic E-state index is 13.2. The normalized spacial score (nSPS) is 16.9. The molecular formula is C44H58BrN9O3. The summed E-state index contributed by atoms with van der Waals surface area (Å²) in [5, 5.41) is 17.5. The van der Waals surface area contributed by atoms with Gasteiger partial charge in [0.2, 0.25) is 5.91 Å². The number of methoxy groups -OCH3 is 1. The van der Waals surface area contributed by atoms with Crippen LogP contribution in [0.25, 0.3) is 21.8 Å². The molecule has 1 unspecified atom stereocenters. The summed E-state index contributed by atoms with van der Waals surface area (Å²) in [4.78, 5) is 27.2. The van der Waals surface area contributed by atoms with E-state index in [1.165, 1.54) is 24.6 Å². The van der Waals surface area contributed by atoms with E-state index < -0.39 is 0 Å². The van der Waals surface area contributed by atoms with E-state index in [9.17, 15) is 4.79 Å². The zero-order chi connectivity index (χ0) is 39.7. The van der Waals surface area contributed by atoms with Gasteiger partial charge in [-0.1, -0.05) is 59.5 Å². The molecule has 3 N–H and O–H groups in total. The number of piperidine rings is 1. The first-order chi connectivity index (χ1) is 27.8. The zero-order valence-electron chi connectivity index (χ0n) is 34.0. The largest absolute Gasteiger partial charge is 0.493 e. The monoisotopic (exact) mass is 839 g/mol. The predicted octanol–water partition coefficient (Wildman–Crippen LogP) is 7.82. The molecule has 2 aliphatic heterocycles. The zero-order valence-corrected chi connectivity index (χ0v) is 35.5. The minimum Gasteiger partial charge on any atom is -0.493 e. The number of ether oxygens (including phenoxy) is 2. The summed E-state index contributed by atoms with van der Waals surface area (Å²) >= 11 is 3.58. The van der Waals surface area contributed by atoms with Crippen molar-refractivity contribution in [3.8, 4) is 11.5 Å². The summed E-state index contributed by atoms with van der Waals surface area (Å²) in [6.07, 6.45) is 7.94. The number of aryl methyl sites for hydroxylation is 2. The summed E-state index contributed by atoms with van der Waals surface area (Å²) in [7, 11) is 3.68. The third-order valence-corrected chi connectivity index (χ3v) is 11.9. The topological polar surface area (TPSA) is 122 Å². The number of amides is 1. The molecule has 0 aliphatic carbocycles. The number of piperazine rings is 1. The number of hydrogen-bond acceptors (Lipinski definition) is 10. The summed E-state index contributed by atoms with van der Waals surface area (Å²) in [5.74, 6) is 3.43. The fourth-order valence-electron chi connectivity index (χ4n) is 8.25. The van der Waals surface area contributed by atoms with Gasteiger partial charge in [0.05, 0.1) is 48.7 Å². The smallest absolute Gasteiger partial charge is 0.241 e. The van der Waals surface area contributed by atoms with Crippen LogP contribution in [0.4, 0.5) is 11.5 Å². The average Bonchev–Trinajstić information content (AvgIpc) is 3.57. The molecule has 2 saturated heterocycles. The number of rotatable bonds is 17. The van der Waals surface area contributed by atoms with Crippen LogP contribution in [-0.4, -0.2) is 102 Å². The van der Waals surface area contributed by atoms with Crippen LogP contribution >= 0.6 is 15.9 Å². The molecular weight excluding hydrogens is 782 g/mol. The predicted molar refractivity (Wildman–Crippen MR) is 233 cm³/mol. The lowest BCUT2D eigenvalue weighted by Crippen LogP contribution is -2.50. The van der Waals surface area contributed by atoms with Gasteiger partial charge in [0.25, 0.3) is 0 Å². The number of unbranched alkanes of at least 4 members (excludes halogenated alkanes) is 4. The third kappa shape index (κ3) is 10.2. The highest BCUT2D eigenvalue weighted by Crippen LogP contribution is 2.36. The minimum absolute atomic E-state index is 0.0503. The molecule has 12 nitrogen and oxygen atoms in total. The number of carbonyl (C=O) groups is 1. The molecule has 5 aromatic rings. The molecule has 13 heteroatoms. The highest BCUT2D eigenvalue weighted by Gasteiger charge is 2.24. The van der Waals surface area contributed by atoms with E-state index >= 15 is 0 Å². The van der Waals surface area contributed by atoms with Gasteiger partial charge in [0.15, 0.2) is 11.5 Å². The van der Waals surface area contributed by atoms with Crippen LogP contribution in [0.5, 0.6) is 11.5 Å². The second-order valence-electron chi connectivity index (χ2n) is 15.5. The summed E-state index contributed by atoms with van der Waals surface area (Å²) < 4.78 is 15.0. The van der Waals surface area contributed by atoms with Crippen LogP contribution in [0.1, 0.15) is 80.9 Å². The lowest BCUT2D eigenvalue weighted by atomic mass is 9.94. The highest BCUT2D eigenvalue weighted by molar-refractivity contribution is 9.10. The van der Waals surface area contributed by atoms with Gasteiger partial charge in [0.1, 0.15) is 11.6 Å². The van der Waals surface area contributed by atoms with Gasteiger partial charge in [-0.3, -0.25) is 14.4 Å². The first-order valence-electron chi connectivity index (χ1n) is 20.7. The number of aromatic nitrogens is 4. The number of nitrogens with zero attached hydrogens (tertiary/aromatic N) is 6. The van der Waals surface area contributed by atoms with Crippen molar-refractivity contribution >= 4 is 55.1 Å². The Morgan fingerprint density at radius 2 is 1.79 bits per heavy atom. The first kappa shape index (κ1) is 40.7. The van der Waals surface area contributed by atoms with E-state index in [1.54, 1.807) is 7.11 Å². The molecule has 2 aliphatic rings. The Bertz CT molecular complexity index is 2130. The second-order valence-corrected chi connectivity index (χ2v) is 16.4. The van der Waals surface area contributed by atoms with Crippen molar-refractivity contribution in [3.63, 3.8) is 0 Å². The van der Waals surface area contributed by atoms with Gasteiger partial charge in [0, 0.05) is 67.0 Å². The van der Waals surface area contributed by atoms with Crippen LogP contribution in [-0.2, 0) is 11.8 Å². The molecule has 3 aromatic carbocycles. The summed E-state index contributed by atoms with van der Waals surface area (Å²) in [6.45, 7) is 11.5. The van der Waals surface area contributed by atoms with E-state index in [2.05, 4.69) is 74.0 Å². The lowest BCUT2D eigenvalue weighted by Gasteiger charge is -2.34. The Hall–Kier alpha value is -4.46. The molecule has 0 spiro atoms. The van der Waals surface area contributed by atoms with E-state index in [1.807, 2.05) is 47.8 Å². The maximum absolute atomic E-state index is 13.2. The van der Waals surface area contributed by atoms with Crippen molar-refractivity contribution in [1.29, 1.82) is 0 Å². The Labute approximate surface area is 345 Å². The molecule has 2 aromatic heterocycles. The molecule has 2 atom stereocenters. The van der Waals surface area contributed by atoms with Gasteiger partial charge in [-0.2, -0.15) is 5.10 Å². The minimum atomic E-state index is 0.0503. The standard InChI is InChI=1S/C44H58BrN9O3/c1-30(32-13-10-15-34(45)25-32)48-44-36-26-39(56-4)40(27-38(36)49-31(2)50-44)57-24-9-7-5-6-8-19-53-20-22-54(23-21-53)41(55)29-47-37-17-11-16-35-42(51-52(3)43(35)37)33-14-12-18-46-28-33/h10-11,13,15-17,25-27,30,33,46-47H,5-9,12,14,18-24,28-29H2,1-4H3,(H,48,49,50)/t30-,33?/m1/s1. The van der Waals surface area contributed by atoms with Crippen molar-refractivity contribution in [2.24, 2.45) is 7.05 Å². The van der Waals surface area contributed by atoms with E-state index in [-0.39, 0.29) is 11.9 Å². The molecule has 304 valence electrons. The van der Waals surface area contributed by atoms with Crippen molar-refractivity contribution in [1.82, 2.24) is 34.9 Å². The average molecular weight is 841 g/mol. The fourth-order valence-corrected chi connectivity index (χ4v) is 8.66. The molecule has 2 fully saturated rings. The molecule has 0 bridgehead atoms. The van der Waals surface area contributed by atoms with Gasteiger partial charge in [-0.05, 0) is 82.4 Å². The molecule has 4 heterocycles. The lowest BCUT2D eigenvalue weighted by molar-refractivity contribution is -0.131. The number of fused-ring (bicyclic) bond motifs is 2. The number of para-hydroxylation sites is 1. The van der Waals surface area contributed by atoms with Crippen molar-refractivity contribution in [3.05, 3.63) is 76.2 Å². The molecule has 0 saturated carbocycles. The van der Waals surface area contributed by atoms with Gasteiger partial charge in [-0.15, -0.1) is 0 Å². The fraction of sp³-hybridized carbons (Fsp3) is 0.500. The Morgan fingerprint density at radius 3 is 2.58 bits per heavy atom. The first-order valence-corrected chi connectivity index (χ1v) is 21.5. The van der Waals surface area contributed by atoms with Crippen LogP contribution < -0.4 is 25.4 Å². The van der Waals surface area contributed by atoms with Gasteiger partial charge in [-0.25, -0.2) is 9.97 Å². The molecule has 7 rings (SSSR count). The Morgan fingerprint density at radius 1 is 0.982 bits per heavy atom. The van der Waals surface area contributed by atoms with Gasteiger partial charge < -0.3 is 30.3 Å². The van der Waals surface area contributed by atoms with Crippen LogP contribution in [0.2, 0.25) is 0 Å². The molecule has 0 radical (unpaired) electrons. The number of carbonyl (C=O) groups excluding carboxylic acids is 1. The highest BCUT2D eigenvalue weighted by atomic mass is 79.9. The van der Waals surface area contributed by atoms with E-state index in [0.717, 1.165) is 115 Å². The third-order valence-electron chi connectivity index (χ3n) is 11.4. The van der Waals surface area contributed by atoms with Gasteiger partial charge >= 0.3 is 0 Å². The Kier molecular flexibility index (Phi) is 13.8.